The molecule has 1 fully saturated rings. The van der Waals surface area contributed by atoms with Crippen LogP contribution in [0.15, 0.2) is 77.7 Å². The molecule has 1 atom stereocenters. The lowest BCUT2D eigenvalue weighted by atomic mass is 10.1. The molecule has 2 heterocycles. The van der Waals surface area contributed by atoms with Crippen LogP contribution in [0.4, 0.5) is 5.69 Å². The van der Waals surface area contributed by atoms with Gasteiger partial charge in [0.15, 0.2) is 11.5 Å². The van der Waals surface area contributed by atoms with E-state index in [1.807, 2.05) is 0 Å². The first-order valence-electron chi connectivity index (χ1n) is 11.3. The number of nitrogens with zero attached hydrogens (tertiary/aromatic N) is 2. The van der Waals surface area contributed by atoms with Crippen molar-refractivity contribution in [1.82, 2.24) is 4.31 Å². The molecule has 0 saturated carbocycles. The molecular weight excluding hydrogens is 500 g/mol. The lowest BCUT2D eigenvalue weighted by Crippen LogP contribution is -2.45. The number of amides is 2. The van der Waals surface area contributed by atoms with E-state index in [1.165, 1.54) is 43.3 Å². The molecule has 1 unspecified atom stereocenters. The molecule has 0 N–H and O–H groups in total. The number of hydrogen-bond donors (Lipinski definition) is 0. The Morgan fingerprint density at radius 1 is 1.00 bits per heavy atom. The van der Waals surface area contributed by atoms with E-state index in [4.69, 9.17) is 14.2 Å². The molecule has 2 aliphatic heterocycles. The standard InChI is InChI=1S/C26H22N2O8S/c1-17(29)36-20-10-8-19(9-11-20)28-25(30)14-22(26(28)31)27(37(32,33)21-5-3-2-4-6-21)15-18-7-12-23-24(13-18)35-16-34-23/h2-13,22H,14-16H2,1H3. The van der Waals surface area contributed by atoms with Gasteiger partial charge in [-0.05, 0) is 54.1 Å². The van der Waals surface area contributed by atoms with Crippen LogP contribution in [0.5, 0.6) is 17.2 Å². The van der Waals surface area contributed by atoms with Crippen molar-refractivity contribution in [3.8, 4) is 17.2 Å². The molecule has 10 nitrogen and oxygen atoms in total. The molecular formula is C26H22N2O8S. The second-order valence-corrected chi connectivity index (χ2v) is 10.3. The average molecular weight is 523 g/mol. The van der Waals surface area contributed by atoms with Crippen LogP contribution in [0, 0.1) is 0 Å². The molecule has 0 aliphatic carbocycles. The van der Waals surface area contributed by atoms with Crippen molar-refractivity contribution >= 4 is 33.5 Å². The predicted molar refractivity (Wildman–Crippen MR) is 130 cm³/mol. The van der Waals surface area contributed by atoms with E-state index in [9.17, 15) is 22.8 Å². The van der Waals surface area contributed by atoms with Crippen LogP contribution in [0.3, 0.4) is 0 Å². The van der Waals surface area contributed by atoms with E-state index < -0.39 is 33.8 Å². The minimum Gasteiger partial charge on any atom is -0.454 e. The van der Waals surface area contributed by atoms with E-state index in [2.05, 4.69) is 0 Å². The zero-order valence-corrected chi connectivity index (χ0v) is 20.5. The highest BCUT2D eigenvalue weighted by Crippen LogP contribution is 2.35. The van der Waals surface area contributed by atoms with Crippen molar-refractivity contribution in [2.45, 2.75) is 30.8 Å². The predicted octanol–water partition coefficient (Wildman–Crippen LogP) is 2.86. The van der Waals surface area contributed by atoms with E-state index in [0.29, 0.717) is 17.1 Å². The molecule has 0 aromatic heterocycles. The fourth-order valence-corrected chi connectivity index (χ4v) is 5.84. The lowest BCUT2D eigenvalue weighted by molar-refractivity contribution is -0.132. The third-order valence-corrected chi connectivity index (χ3v) is 7.82. The normalized spacial score (nSPS) is 16.9. The van der Waals surface area contributed by atoms with Crippen molar-refractivity contribution in [2.24, 2.45) is 0 Å². The molecule has 190 valence electrons. The smallest absolute Gasteiger partial charge is 0.308 e. The minimum atomic E-state index is -4.17. The molecule has 3 aromatic rings. The molecule has 0 radical (unpaired) electrons. The van der Waals surface area contributed by atoms with Gasteiger partial charge in [0.05, 0.1) is 17.0 Å². The number of benzene rings is 3. The van der Waals surface area contributed by atoms with E-state index in [0.717, 1.165) is 9.21 Å². The van der Waals surface area contributed by atoms with Gasteiger partial charge in [0.2, 0.25) is 22.7 Å². The second-order valence-electron chi connectivity index (χ2n) is 8.43. The maximum Gasteiger partial charge on any atom is 0.308 e. The first kappa shape index (κ1) is 24.5. The highest BCUT2D eigenvalue weighted by molar-refractivity contribution is 7.89. The Kier molecular flexibility index (Phi) is 6.40. The molecule has 11 heteroatoms. The highest BCUT2D eigenvalue weighted by Gasteiger charge is 2.47. The second kappa shape index (κ2) is 9.68. The summed E-state index contributed by atoms with van der Waals surface area (Å²) in [6, 6.07) is 17.3. The monoisotopic (exact) mass is 522 g/mol. The van der Waals surface area contributed by atoms with Crippen LogP contribution in [-0.4, -0.2) is 43.3 Å². The number of ether oxygens (including phenoxy) is 3. The SMILES string of the molecule is CC(=O)Oc1ccc(N2C(=O)CC(N(Cc3ccc4c(c3)OCO4)S(=O)(=O)c3ccccc3)C2=O)cc1. The van der Waals surface area contributed by atoms with Crippen molar-refractivity contribution in [3.05, 3.63) is 78.4 Å². The summed E-state index contributed by atoms with van der Waals surface area (Å²) >= 11 is 0. The number of fused-ring (bicyclic) bond motifs is 1. The van der Waals surface area contributed by atoms with Crippen LogP contribution >= 0.6 is 0 Å². The Bertz CT molecular complexity index is 1470. The van der Waals surface area contributed by atoms with Gasteiger partial charge in [0.1, 0.15) is 11.8 Å². The van der Waals surface area contributed by atoms with Crippen molar-refractivity contribution < 1.29 is 37.0 Å². The van der Waals surface area contributed by atoms with Gasteiger partial charge >= 0.3 is 5.97 Å². The summed E-state index contributed by atoms with van der Waals surface area (Å²) in [5.41, 5.74) is 0.807. The topological polar surface area (TPSA) is 120 Å². The molecule has 5 rings (SSSR count). The third kappa shape index (κ3) is 4.78. The Morgan fingerprint density at radius 3 is 2.41 bits per heavy atom. The van der Waals surface area contributed by atoms with E-state index >= 15 is 0 Å². The first-order chi connectivity index (χ1) is 17.7. The summed E-state index contributed by atoms with van der Waals surface area (Å²) < 4.78 is 44.3. The number of carbonyl (C=O) groups is 3. The molecule has 2 amide bonds. The van der Waals surface area contributed by atoms with Crippen LogP contribution in [0.2, 0.25) is 0 Å². The van der Waals surface area contributed by atoms with Crippen LogP contribution < -0.4 is 19.1 Å². The molecule has 2 aliphatic rings. The van der Waals surface area contributed by atoms with Gasteiger partial charge in [-0.15, -0.1) is 0 Å². The van der Waals surface area contributed by atoms with E-state index in [-0.39, 0.29) is 36.1 Å². The first-order valence-corrected chi connectivity index (χ1v) is 12.8. The van der Waals surface area contributed by atoms with Crippen molar-refractivity contribution in [2.75, 3.05) is 11.7 Å². The maximum atomic E-state index is 13.7. The van der Waals surface area contributed by atoms with Gasteiger partial charge in [0.25, 0.3) is 5.91 Å². The lowest BCUT2D eigenvalue weighted by Gasteiger charge is -2.27. The minimum absolute atomic E-state index is 0.000164. The number of carbonyl (C=O) groups excluding carboxylic acids is 3. The Hall–Kier alpha value is -4.22. The molecule has 0 bridgehead atoms. The summed E-state index contributed by atoms with van der Waals surface area (Å²) in [5, 5.41) is 0. The number of esters is 1. The third-order valence-electron chi connectivity index (χ3n) is 5.95. The molecule has 1 saturated heterocycles. The van der Waals surface area contributed by atoms with Crippen LogP contribution in [-0.2, 0) is 31.0 Å². The van der Waals surface area contributed by atoms with Crippen LogP contribution in [0.25, 0.3) is 0 Å². The number of hydrogen-bond acceptors (Lipinski definition) is 8. The quantitative estimate of drug-likeness (QED) is 0.264. The molecule has 3 aromatic carbocycles. The van der Waals surface area contributed by atoms with Gasteiger partial charge in [-0.2, -0.15) is 4.31 Å². The Labute approximate surface area is 213 Å². The van der Waals surface area contributed by atoms with Crippen molar-refractivity contribution in [1.29, 1.82) is 0 Å². The summed E-state index contributed by atoms with van der Waals surface area (Å²) in [6.07, 6.45) is -0.332. The summed E-state index contributed by atoms with van der Waals surface area (Å²) in [4.78, 5) is 38.7. The van der Waals surface area contributed by atoms with Crippen LogP contribution in [0.1, 0.15) is 18.9 Å². The maximum absolute atomic E-state index is 13.7. The van der Waals surface area contributed by atoms with Gasteiger partial charge in [0, 0.05) is 13.5 Å². The number of sulfonamides is 1. The molecule has 0 spiro atoms. The number of rotatable bonds is 7. The van der Waals surface area contributed by atoms with Gasteiger partial charge < -0.3 is 14.2 Å². The average Bonchev–Trinajstić information content (AvgIpc) is 3.46. The van der Waals surface area contributed by atoms with E-state index in [1.54, 1.807) is 36.4 Å². The molecule has 37 heavy (non-hydrogen) atoms. The number of anilines is 1. The zero-order chi connectivity index (χ0) is 26.2. The van der Waals surface area contributed by atoms with Gasteiger partial charge in [-0.1, -0.05) is 24.3 Å². The van der Waals surface area contributed by atoms with Gasteiger partial charge in [-0.25, -0.2) is 13.3 Å². The largest absolute Gasteiger partial charge is 0.454 e. The summed E-state index contributed by atoms with van der Waals surface area (Å²) in [6.45, 7) is 1.15. The Morgan fingerprint density at radius 2 is 1.70 bits per heavy atom. The highest BCUT2D eigenvalue weighted by atomic mass is 32.2. The summed E-state index contributed by atoms with van der Waals surface area (Å²) in [5.74, 6) is -0.469. The zero-order valence-electron chi connectivity index (χ0n) is 19.7. The Balaban J connectivity index is 1.49. The van der Waals surface area contributed by atoms with Crippen molar-refractivity contribution in [3.63, 3.8) is 0 Å². The fourth-order valence-electron chi connectivity index (χ4n) is 4.25. The number of imide groups is 1. The fraction of sp³-hybridized carbons (Fsp3) is 0.192. The van der Waals surface area contributed by atoms with Gasteiger partial charge in [-0.3, -0.25) is 14.4 Å². The summed E-state index contributed by atoms with van der Waals surface area (Å²) in [7, 11) is -4.17.